The number of nitrogens with two attached hydrogens (primary N) is 3. The number of thioether (sulfide) groups is 3. The standard InChI is InChI=1S/C35H30N8O4S.C20H17N3O2S.C13H14N6O.C11H13NO2S/c36-19-25(32-40-26-3-1-2-4-29(26)47-32)17-24-9-10-28-30(18-24)48-16-14-43(28)13-15-45-35(44)39-20-22-5-7-23(8-6-22)21-46-33-31-27(11-12-38-31)41-34(37)42-33;21-13-15(20-22-16-3-1-2-4-18(16)25-20)11-14-5-6-17-19(12-14)26-10-8-23(17)7-9-24;14-5-8-1-3-9(4-2-8)6-20-12-10-11(17-7-16-10)18-13(15)19-12;13-5-3-12-4-6-15-11-7-9(8-14)1-2-10(11)12/h1-10,12,17-18H,11,13-16,20-21H2,(H,39,44)(H2,37,41,42);1-6,11-12,24H,7-10H2;1-4,7H,5-6,14H2,(H3,15,16,17,18,19);1-2,7-8,13H,3-6H2/b25-17+;15-11+;;. The molecule has 4 aliphatic heterocycles. The molecule has 10 N–H and O–H groups in total. The lowest BCUT2D eigenvalue weighted by molar-refractivity contribution is 0.112. The molecule has 16 rings (SSSR count). The number of nitriles is 2. The van der Waals surface area contributed by atoms with E-state index < -0.39 is 6.09 Å². The summed E-state index contributed by atoms with van der Waals surface area (Å²) >= 11 is 5.32. The number of hydrogen-bond donors (Lipinski definition) is 7. The van der Waals surface area contributed by atoms with Crippen molar-refractivity contribution in [3.63, 3.8) is 0 Å². The van der Waals surface area contributed by atoms with Crippen molar-refractivity contribution < 1.29 is 42.8 Å². The molecule has 0 saturated heterocycles. The van der Waals surface area contributed by atoms with E-state index in [-0.39, 0.29) is 31.7 Å². The zero-order valence-electron chi connectivity index (χ0n) is 58.9. The van der Waals surface area contributed by atoms with Crippen molar-refractivity contribution in [3.8, 4) is 23.9 Å². The molecule has 5 aromatic heterocycles. The maximum absolute atomic E-state index is 12.4. The molecular weight excluding hydrogens is 1440 g/mol. The number of anilines is 5. The van der Waals surface area contributed by atoms with Crippen LogP contribution >= 0.6 is 35.3 Å². The van der Waals surface area contributed by atoms with E-state index in [4.69, 9.17) is 45.4 Å². The fourth-order valence-electron chi connectivity index (χ4n) is 12.0. The Hall–Kier alpha value is -12.3. The Labute approximate surface area is 639 Å². The molecule has 4 aliphatic rings. The Morgan fingerprint density at radius 1 is 0.606 bits per heavy atom. The van der Waals surface area contributed by atoms with Crippen LogP contribution in [-0.4, -0.2) is 145 Å². The first-order chi connectivity index (χ1) is 53.4. The van der Waals surface area contributed by atoms with E-state index in [2.05, 4.69) is 89.2 Å². The number of aliphatic hydroxyl groups excluding tert-OH is 2. The lowest BCUT2D eigenvalue weighted by atomic mass is 10.1. The van der Waals surface area contributed by atoms with Crippen molar-refractivity contribution in [2.45, 2.75) is 47.4 Å². The molecule has 0 saturated carbocycles. The Bertz CT molecular complexity index is 5340. The van der Waals surface area contributed by atoms with E-state index in [0.29, 0.717) is 126 Å². The number of nitrogen functional groups attached to an aromatic ring is 2. The first-order valence-electron chi connectivity index (χ1n) is 34.8. The number of aromatic amines is 1. The van der Waals surface area contributed by atoms with E-state index in [1.165, 1.54) is 6.33 Å². The molecule has 0 atom stereocenters. The number of ether oxygens (including phenoxy) is 3. The van der Waals surface area contributed by atoms with Gasteiger partial charge in [0.15, 0.2) is 16.8 Å². The van der Waals surface area contributed by atoms with Crippen LogP contribution in [0.4, 0.5) is 39.4 Å². The van der Waals surface area contributed by atoms with Gasteiger partial charge >= 0.3 is 6.09 Å². The Kier molecular flexibility index (Phi) is 25.0. The third kappa shape index (κ3) is 19.1. The van der Waals surface area contributed by atoms with Gasteiger partial charge in [-0.3, -0.25) is 9.79 Å². The zero-order valence-corrected chi connectivity index (χ0v) is 61.3. The lowest BCUT2D eigenvalue weighted by Crippen LogP contribution is -2.34. The topological polar surface area (TPSA) is 394 Å². The lowest BCUT2D eigenvalue weighted by Gasteiger charge is -2.30. The third-order valence-corrected chi connectivity index (χ3v) is 20.5. The van der Waals surface area contributed by atoms with Crippen molar-refractivity contribution >= 4 is 145 Å². The van der Waals surface area contributed by atoms with Crippen molar-refractivity contribution in [1.29, 1.82) is 10.5 Å². The number of nitrogens with one attached hydrogen (secondary N) is 2. The van der Waals surface area contributed by atoms with Crippen LogP contribution < -0.4 is 46.7 Å². The van der Waals surface area contributed by atoms with Gasteiger partial charge in [0.2, 0.25) is 35.4 Å². The molecule has 9 heterocycles. The van der Waals surface area contributed by atoms with Crippen LogP contribution in [0.3, 0.4) is 0 Å². The van der Waals surface area contributed by atoms with Crippen LogP contribution in [0.5, 0.6) is 11.8 Å². The second-order valence-corrected chi connectivity index (χ2v) is 28.1. The molecule has 552 valence electrons. The Balaban J connectivity index is 0.000000143. The number of para-hydroxylation sites is 4. The normalized spacial score (nSPS) is 13.4. The van der Waals surface area contributed by atoms with Crippen molar-refractivity contribution in [2.75, 3.05) is 103 Å². The molecule has 0 fully saturated rings. The van der Waals surface area contributed by atoms with Crippen molar-refractivity contribution in [3.05, 3.63) is 214 Å². The van der Waals surface area contributed by atoms with Gasteiger partial charge in [-0.2, -0.15) is 25.5 Å². The Morgan fingerprint density at radius 2 is 1.10 bits per heavy atom. The van der Waals surface area contributed by atoms with Crippen LogP contribution in [0, 0.1) is 22.7 Å². The number of aromatic nitrogens is 8. The quantitative estimate of drug-likeness (QED) is 0.0259. The average molecular weight is 1520 g/mol. The van der Waals surface area contributed by atoms with E-state index in [0.717, 1.165) is 120 Å². The predicted octanol–water partition coefficient (Wildman–Crippen LogP) is 12.1. The summed E-state index contributed by atoms with van der Waals surface area (Å²) in [6, 6.07) is 52.8. The summed E-state index contributed by atoms with van der Waals surface area (Å²) in [5, 5.41) is 40.3. The van der Waals surface area contributed by atoms with Gasteiger partial charge in [0.1, 0.15) is 71.6 Å². The van der Waals surface area contributed by atoms with Gasteiger partial charge in [-0.05, 0) is 112 Å². The van der Waals surface area contributed by atoms with E-state index in [1.807, 2.05) is 140 Å². The number of imidazole rings is 1. The van der Waals surface area contributed by atoms with Gasteiger partial charge in [-0.1, -0.05) is 84.9 Å². The summed E-state index contributed by atoms with van der Waals surface area (Å²) < 4.78 is 28.5. The SMILES string of the molecule is N#C/C(=C\c1ccc2c(c1)SCCN2CCO)c1nc2ccccc2o1.N#C/C(=C\c1ccc2c(c1)SCCN2CCOC(=O)NCc1ccc(COc2nc(N)nc3c2N=CC3)cc1)c1nc2ccccc2o1.NCc1ccc(COc2nc(N)nc3nc[nH]c23)cc1.O=Cc1ccc2c(c1)SCCN2CCO. The highest BCUT2D eigenvalue weighted by atomic mass is 32.2. The summed E-state index contributed by atoms with van der Waals surface area (Å²) in [4.78, 5) is 69.6. The number of oxazole rings is 2. The van der Waals surface area contributed by atoms with Crippen LogP contribution in [0.1, 0.15) is 61.2 Å². The number of carbonyl (C=O) groups excluding carboxylic acids is 2. The molecule has 7 aromatic carbocycles. The monoisotopic (exact) mass is 1510 g/mol. The molecule has 0 aliphatic carbocycles. The smallest absolute Gasteiger partial charge is 0.407 e. The highest BCUT2D eigenvalue weighted by Crippen LogP contribution is 2.40. The van der Waals surface area contributed by atoms with Crippen molar-refractivity contribution in [2.24, 2.45) is 10.7 Å². The van der Waals surface area contributed by atoms with Crippen molar-refractivity contribution in [1.82, 2.24) is 45.2 Å². The first kappa shape index (κ1) is 75.0. The number of allylic oxidation sites excluding steroid dienone is 2. The minimum Gasteiger partial charge on any atom is -0.471 e. The van der Waals surface area contributed by atoms with Crippen LogP contribution in [0.2, 0.25) is 0 Å². The third-order valence-electron chi connectivity index (χ3n) is 17.4. The number of β-amino-alcohol motifs (C(OH)–C–C–N with tert-alkyl or cyclic N) is 2. The molecule has 1 amide bonds. The molecule has 0 spiro atoms. The first-order valence-corrected chi connectivity index (χ1v) is 37.7. The fraction of sp³-hybridized carbons (Fsp3) is 0.215. The number of hydrogen-bond acceptors (Lipinski definition) is 28. The predicted molar refractivity (Wildman–Crippen MR) is 425 cm³/mol. The molecule has 30 heteroatoms. The highest BCUT2D eigenvalue weighted by molar-refractivity contribution is 8.00. The summed E-state index contributed by atoms with van der Waals surface area (Å²) in [5.74, 6) is 4.59. The largest absolute Gasteiger partial charge is 0.471 e. The minimum absolute atomic E-state index is 0.137. The van der Waals surface area contributed by atoms with E-state index in [9.17, 15) is 25.2 Å². The number of aliphatic hydroxyl groups is 2. The summed E-state index contributed by atoms with van der Waals surface area (Å²) in [6.45, 7) is 6.66. The van der Waals surface area contributed by atoms with Crippen LogP contribution in [0.15, 0.2) is 186 Å². The number of carbonyl (C=O) groups is 2. The number of rotatable bonds is 21. The summed E-state index contributed by atoms with van der Waals surface area (Å²) in [7, 11) is 0. The van der Waals surface area contributed by atoms with Crippen LogP contribution in [-0.2, 0) is 37.5 Å². The highest BCUT2D eigenvalue weighted by Gasteiger charge is 2.23. The summed E-state index contributed by atoms with van der Waals surface area (Å²) in [5.41, 5.74) is 32.8. The molecule has 109 heavy (non-hydrogen) atoms. The molecule has 0 radical (unpaired) electrons. The van der Waals surface area contributed by atoms with Gasteiger partial charge < -0.3 is 75.5 Å². The van der Waals surface area contributed by atoms with E-state index >= 15 is 0 Å². The second-order valence-electron chi connectivity index (χ2n) is 24.7. The molecule has 0 bridgehead atoms. The zero-order chi connectivity index (χ0) is 75.4. The second kappa shape index (κ2) is 36.3. The Morgan fingerprint density at radius 3 is 1.63 bits per heavy atom. The number of fused-ring (bicyclic) bond motifs is 7. The maximum atomic E-state index is 12.4. The van der Waals surface area contributed by atoms with Gasteiger partial charge in [-0.15, -0.1) is 35.3 Å². The molecule has 12 aromatic rings. The molecular formula is C79H74N18O9S3. The number of aliphatic imine (C=N–C) groups is 1. The van der Waals surface area contributed by atoms with Gasteiger partial charge in [0.05, 0.1) is 48.8 Å². The van der Waals surface area contributed by atoms with Gasteiger partial charge in [0.25, 0.3) is 0 Å². The number of amides is 1. The molecule has 0 unspecified atom stereocenters. The number of benzene rings is 7. The number of alkyl carbamates (subject to hydrolysis) is 1. The minimum atomic E-state index is -0.478. The fourth-order valence-corrected chi connectivity index (χ4v) is 15.3. The van der Waals surface area contributed by atoms with Gasteiger partial charge in [0, 0.05) is 96.0 Å². The van der Waals surface area contributed by atoms with E-state index in [1.54, 1.807) is 53.7 Å². The number of nitrogens with zero attached hydrogens (tertiary/aromatic N) is 13. The maximum Gasteiger partial charge on any atom is 0.407 e. The van der Waals surface area contributed by atoms with Gasteiger partial charge in [-0.25, -0.2) is 24.7 Å². The van der Waals surface area contributed by atoms with Crippen LogP contribution in [0.25, 0.3) is 56.7 Å². The number of H-pyrrole nitrogens is 1. The number of aldehydes is 1. The average Bonchev–Trinajstić information content (AvgIpc) is 1.47. The molecule has 27 nitrogen and oxygen atoms in total. The summed E-state index contributed by atoms with van der Waals surface area (Å²) in [6.07, 6.45) is 7.88.